The average molecular weight is 153 g/mol. The molecule has 0 fully saturated rings. The van der Waals surface area contributed by atoms with Crippen LogP contribution in [-0.2, 0) is 19.5 Å². The van der Waals surface area contributed by atoms with Crippen molar-refractivity contribution in [2.75, 3.05) is 0 Å². The van der Waals surface area contributed by atoms with Crippen molar-refractivity contribution in [2.24, 2.45) is 14.1 Å². The summed E-state index contributed by atoms with van der Waals surface area (Å²) in [7, 11) is 4.13. The predicted octanol–water partition coefficient (Wildman–Crippen LogP) is 1.15. The number of hydrogen-bond acceptors (Lipinski definition) is 0. The minimum Gasteiger partial charge on any atom is -0.161 e. The molecule has 0 radical (unpaired) electrons. The van der Waals surface area contributed by atoms with Crippen molar-refractivity contribution in [3.05, 3.63) is 18.0 Å². The Labute approximate surface area is 68.4 Å². The maximum absolute atomic E-state index is 2.22. The topological polar surface area (TPSA) is 8.81 Å². The quantitative estimate of drug-likeness (QED) is 0.494. The molecule has 1 heterocycles. The number of nitrogens with zero attached hydrogens (tertiary/aromatic N) is 2. The molecule has 0 spiro atoms. The molecule has 1 rings (SSSR count). The van der Waals surface area contributed by atoms with E-state index < -0.39 is 0 Å². The second-order valence-electron chi connectivity index (χ2n) is 4.05. The lowest BCUT2D eigenvalue weighted by atomic mass is 9.92. The molecule has 1 aromatic heterocycles. The van der Waals surface area contributed by atoms with E-state index in [1.807, 2.05) is 0 Å². The molecule has 11 heavy (non-hydrogen) atoms. The Bertz CT molecular complexity index is 253. The van der Waals surface area contributed by atoms with Crippen molar-refractivity contribution in [1.29, 1.82) is 0 Å². The van der Waals surface area contributed by atoms with Gasteiger partial charge in [0.25, 0.3) is 0 Å². The van der Waals surface area contributed by atoms with Crippen molar-refractivity contribution < 1.29 is 4.68 Å². The lowest BCUT2D eigenvalue weighted by Crippen LogP contribution is -2.38. The third kappa shape index (κ3) is 1.44. The summed E-state index contributed by atoms with van der Waals surface area (Å²) in [5.41, 5.74) is 1.61. The van der Waals surface area contributed by atoms with E-state index in [1.54, 1.807) is 0 Å². The third-order valence-electron chi connectivity index (χ3n) is 2.04. The SMILES string of the molecule is Cn1c(C(C)(C)C)cc[n+]1C. The molecule has 2 heteroatoms. The van der Waals surface area contributed by atoms with Crippen LogP contribution in [0.25, 0.3) is 0 Å². The van der Waals surface area contributed by atoms with E-state index in [4.69, 9.17) is 0 Å². The summed E-state index contributed by atoms with van der Waals surface area (Å²) >= 11 is 0. The molecule has 0 aliphatic rings. The van der Waals surface area contributed by atoms with Crippen LogP contribution in [0.15, 0.2) is 12.3 Å². The zero-order valence-electron chi connectivity index (χ0n) is 8.05. The van der Waals surface area contributed by atoms with Gasteiger partial charge in [0.05, 0.1) is 12.7 Å². The summed E-state index contributed by atoms with van der Waals surface area (Å²) in [5, 5.41) is 0. The van der Waals surface area contributed by atoms with Gasteiger partial charge in [0.1, 0.15) is 0 Å². The normalized spacial score (nSPS) is 12.1. The standard InChI is InChI=1S/C9H17N2/c1-9(2,3)8-6-7-10(4)11(8)5/h6-7H,1-5H3/q+1. The molecule has 0 aliphatic heterocycles. The molecule has 0 saturated carbocycles. The van der Waals surface area contributed by atoms with Crippen LogP contribution in [0, 0.1) is 0 Å². The van der Waals surface area contributed by atoms with Crippen molar-refractivity contribution in [3.63, 3.8) is 0 Å². The zero-order valence-corrected chi connectivity index (χ0v) is 8.05. The molecule has 0 amide bonds. The molecule has 0 N–H and O–H groups in total. The highest BCUT2D eigenvalue weighted by atomic mass is 15.4. The third-order valence-corrected chi connectivity index (χ3v) is 2.04. The van der Waals surface area contributed by atoms with Crippen LogP contribution in [-0.4, -0.2) is 4.68 Å². The molecular weight excluding hydrogens is 136 g/mol. The maximum atomic E-state index is 2.22. The van der Waals surface area contributed by atoms with Gasteiger partial charge < -0.3 is 0 Å². The number of hydrogen-bond donors (Lipinski definition) is 0. The highest BCUT2D eigenvalue weighted by Gasteiger charge is 2.20. The van der Waals surface area contributed by atoms with Gasteiger partial charge in [-0.1, -0.05) is 20.8 Å². The highest BCUT2D eigenvalue weighted by molar-refractivity contribution is 5.08. The van der Waals surface area contributed by atoms with Gasteiger partial charge >= 0.3 is 0 Å². The van der Waals surface area contributed by atoms with Gasteiger partial charge in [0, 0.05) is 11.5 Å². The van der Waals surface area contributed by atoms with Crippen LogP contribution in [0.5, 0.6) is 0 Å². The summed E-state index contributed by atoms with van der Waals surface area (Å²) in [6.07, 6.45) is 2.08. The molecule has 0 bridgehead atoms. The number of rotatable bonds is 0. The molecule has 0 unspecified atom stereocenters. The highest BCUT2D eigenvalue weighted by Crippen LogP contribution is 2.19. The molecule has 0 aromatic carbocycles. The van der Waals surface area contributed by atoms with Gasteiger partial charge in [0.2, 0.25) is 0 Å². The Morgan fingerprint density at radius 2 is 1.91 bits per heavy atom. The molecule has 2 nitrogen and oxygen atoms in total. The Morgan fingerprint density at radius 1 is 1.36 bits per heavy atom. The van der Waals surface area contributed by atoms with Gasteiger partial charge in [-0.25, -0.2) is 0 Å². The first kappa shape index (κ1) is 8.31. The predicted molar refractivity (Wildman–Crippen MR) is 45.3 cm³/mol. The van der Waals surface area contributed by atoms with Crippen molar-refractivity contribution in [2.45, 2.75) is 26.2 Å². The van der Waals surface area contributed by atoms with Crippen molar-refractivity contribution in [1.82, 2.24) is 4.68 Å². The van der Waals surface area contributed by atoms with Crippen LogP contribution in [0.3, 0.4) is 0 Å². The fourth-order valence-electron chi connectivity index (χ4n) is 1.29. The van der Waals surface area contributed by atoms with E-state index in [9.17, 15) is 0 Å². The van der Waals surface area contributed by atoms with Gasteiger partial charge in [-0.3, -0.25) is 0 Å². The van der Waals surface area contributed by atoms with Gasteiger partial charge in [-0.05, 0) is 0 Å². The second kappa shape index (κ2) is 2.36. The lowest BCUT2D eigenvalue weighted by Gasteiger charge is -2.16. The first-order chi connectivity index (χ1) is 4.93. The first-order valence-electron chi connectivity index (χ1n) is 3.95. The Morgan fingerprint density at radius 3 is 2.09 bits per heavy atom. The van der Waals surface area contributed by atoms with Crippen molar-refractivity contribution >= 4 is 0 Å². The average Bonchev–Trinajstić information content (AvgIpc) is 2.11. The van der Waals surface area contributed by atoms with Crippen LogP contribution < -0.4 is 4.68 Å². The van der Waals surface area contributed by atoms with Crippen LogP contribution >= 0.6 is 0 Å². The van der Waals surface area contributed by atoms with E-state index in [2.05, 4.69) is 56.5 Å². The Balaban J connectivity index is 3.15. The van der Waals surface area contributed by atoms with Crippen LogP contribution in [0.2, 0.25) is 0 Å². The molecule has 0 saturated heterocycles. The van der Waals surface area contributed by atoms with E-state index in [0.29, 0.717) is 0 Å². The minimum absolute atomic E-state index is 0.246. The van der Waals surface area contributed by atoms with E-state index in [0.717, 1.165) is 0 Å². The molecular formula is C9H17N2+. The summed E-state index contributed by atoms with van der Waals surface area (Å²) in [5.74, 6) is 0. The molecule has 0 atom stereocenters. The Kier molecular flexibility index (Phi) is 1.78. The summed E-state index contributed by atoms with van der Waals surface area (Å²) in [6, 6.07) is 2.17. The summed E-state index contributed by atoms with van der Waals surface area (Å²) in [4.78, 5) is 0. The molecule has 0 aliphatic carbocycles. The number of aryl methyl sites for hydroxylation is 1. The largest absolute Gasteiger partial charge is 0.195 e. The second-order valence-corrected chi connectivity index (χ2v) is 4.05. The van der Waals surface area contributed by atoms with E-state index in [1.165, 1.54) is 5.69 Å². The number of aromatic nitrogens is 2. The van der Waals surface area contributed by atoms with Gasteiger partial charge in [-0.2, -0.15) is 4.68 Å². The summed E-state index contributed by atoms with van der Waals surface area (Å²) < 4.78 is 4.25. The van der Waals surface area contributed by atoms with E-state index in [-0.39, 0.29) is 5.41 Å². The van der Waals surface area contributed by atoms with Crippen LogP contribution in [0.4, 0.5) is 0 Å². The lowest BCUT2D eigenvalue weighted by molar-refractivity contribution is -0.751. The van der Waals surface area contributed by atoms with Gasteiger partial charge in [0.15, 0.2) is 13.2 Å². The smallest absolute Gasteiger partial charge is 0.161 e. The Hall–Kier alpha value is -0.790. The maximum Gasteiger partial charge on any atom is 0.195 e. The monoisotopic (exact) mass is 153 g/mol. The fourth-order valence-corrected chi connectivity index (χ4v) is 1.29. The summed E-state index contributed by atoms with van der Waals surface area (Å²) in [6.45, 7) is 6.67. The fraction of sp³-hybridized carbons (Fsp3) is 0.667. The minimum atomic E-state index is 0.246. The van der Waals surface area contributed by atoms with Gasteiger partial charge in [-0.15, -0.1) is 4.68 Å². The van der Waals surface area contributed by atoms with E-state index >= 15 is 0 Å². The first-order valence-corrected chi connectivity index (χ1v) is 3.95. The zero-order chi connectivity index (χ0) is 8.65. The van der Waals surface area contributed by atoms with Crippen LogP contribution in [0.1, 0.15) is 26.5 Å². The molecule has 1 aromatic rings. The molecule has 62 valence electrons. The van der Waals surface area contributed by atoms with Crippen molar-refractivity contribution in [3.8, 4) is 0 Å².